The summed E-state index contributed by atoms with van der Waals surface area (Å²) in [6.45, 7) is 3.49. The second-order valence-electron chi connectivity index (χ2n) is 0.746. The molecule has 3 heteroatoms. The minimum atomic E-state index is -0.257. The van der Waals surface area contributed by atoms with E-state index in [-0.39, 0.29) is 2.14 Å². The van der Waals surface area contributed by atoms with Gasteiger partial charge in [-0.1, -0.05) is 60.4 Å². The maximum Gasteiger partial charge on any atom is 0.152 e. The van der Waals surface area contributed by atoms with Crippen LogP contribution < -0.4 is 0 Å². The van der Waals surface area contributed by atoms with Gasteiger partial charge in [-0.2, -0.15) is 0 Å². The maximum absolute atomic E-state index is 3.49. The molecular weight excluding hydrogens is 276 g/mol. The van der Waals surface area contributed by atoms with E-state index in [1.807, 2.05) is 0 Å². The van der Waals surface area contributed by atoms with E-state index in [4.69, 9.17) is 0 Å². The van der Waals surface area contributed by atoms with Crippen LogP contribution in [-0.2, 0) is 0 Å². The Balaban J connectivity index is 3.45. The summed E-state index contributed by atoms with van der Waals surface area (Å²) in [6.07, 6.45) is 1.69. The van der Waals surface area contributed by atoms with Crippen LogP contribution in [0, 0.1) is 0 Å². The molecule has 0 nitrogen and oxygen atoms in total. The monoisotopic (exact) mass is 276 g/mol. The fraction of sp³-hybridized carbons (Fsp3) is 0.333. The molecule has 0 aromatic carbocycles. The average molecular weight is 279 g/mol. The van der Waals surface area contributed by atoms with E-state index in [1.54, 1.807) is 6.08 Å². The first-order valence-electron chi connectivity index (χ1n) is 1.26. The van der Waals surface area contributed by atoms with Gasteiger partial charge in [-0.3, -0.25) is 0 Å². The molecule has 0 aliphatic rings. The van der Waals surface area contributed by atoms with Crippen LogP contribution in [-0.4, -0.2) is 2.14 Å². The van der Waals surface area contributed by atoms with Gasteiger partial charge >= 0.3 is 0 Å². The van der Waals surface area contributed by atoms with Crippen LogP contribution in [0.25, 0.3) is 0 Å². The second kappa shape index (κ2) is 2.48. The third-order valence-corrected chi connectivity index (χ3v) is 1.20. The Labute approximate surface area is 62.4 Å². The number of alkyl halides is 3. The van der Waals surface area contributed by atoms with Crippen LogP contribution in [0.4, 0.5) is 0 Å². The molecule has 0 atom stereocenters. The Kier molecular flexibility index (Phi) is 2.97. The highest BCUT2D eigenvalue weighted by molar-refractivity contribution is 9.39. The Hall–Kier alpha value is 1.18. The SMILES string of the molecule is C=CC(Br)(Br)Br. The van der Waals surface area contributed by atoms with Gasteiger partial charge in [0.1, 0.15) is 0 Å². The molecule has 0 unspecified atom stereocenters. The molecule has 0 aromatic heterocycles. The topological polar surface area (TPSA) is 0 Å². The summed E-state index contributed by atoms with van der Waals surface area (Å²) in [4.78, 5) is 0. The molecule has 0 heterocycles. The number of halogens is 3. The van der Waals surface area contributed by atoms with Crippen molar-refractivity contribution in [3.05, 3.63) is 12.7 Å². The van der Waals surface area contributed by atoms with Gasteiger partial charge in [0.15, 0.2) is 2.14 Å². The van der Waals surface area contributed by atoms with Crippen molar-refractivity contribution >= 4 is 47.8 Å². The molecule has 0 fully saturated rings. The molecule has 0 N–H and O–H groups in total. The molecule has 0 aromatic rings. The molecule has 0 saturated heterocycles. The van der Waals surface area contributed by atoms with E-state index in [2.05, 4.69) is 54.4 Å². The van der Waals surface area contributed by atoms with Crippen molar-refractivity contribution in [2.75, 3.05) is 0 Å². The zero-order chi connectivity index (χ0) is 5.21. The van der Waals surface area contributed by atoms with Gasteiger partial charge in [0, 0.05) is 0 Å². The minimum Gasteiger partial charge on any atom is -0.1000 e. The van der Waals surface area contributed by atoms with Gasteiger partial charge in [0.25, 0.3) is 0 Å². The predicted molar refractivity (Wildman–Crippen MR) is 39.7 cm³/mol. The highest BCUT2D eigenvalue weighted by Crippen LogP contribution is 2.33. The smallest absolute Gasteiger partial charge is 0.1000 e. The van der Waals surface area contributed by atoms with Gasteiger partial charge in [-0.05, 0) is 0 Å². The molecule has 6 heavy (non-hydrogen) atoms. The molecule has 0 saturated carbocycles. The van der Waals surface area contributed by atoms with E-state index in [0.717, 1.165) is 0 Å². The zero-order valence-corrected chi connectivity index (χ0v) is 7.68. The van der Waals surface area contributed by atoms with Crippen LogP contribution in [0.3, 0.4) is 0 Å². The summed E-state index contributed by atoms with van der Waals surface area (Å²) in [5.74, 6) is 0. The van der Waals surface area contributed by atoms with Gasteiger partial charge in [0.2, 0.25) is 0 Å². The Morgan fingerprint density at radius 1 is 1.33 bits per heavy atom. The highest BCUT2D eigenvalue weighted by atomic mass is 80.0. The summed E-state index contributed by atoms with van der Waals surface area (Å²) < 4.78 is -0.257. The van der Waals surface area contributed by atoms with Crippen molar-refractivity contribution < 1.29 is 0 Å². The summed E-state index contributed by atoms with van der Waals surface area (Å²) in [6, 6.07) is 0. The van der Waals surface area contributed by atoms with Gasteiger partial charge < -0.3 is 0 Å². The van der Waals surface area contributed by atoms with Gasteiger partial charge in [-0.25, -0.2) is 0 Å². The van der Waals surface area contributed by atoms with Crippen LogP contribution >= 0.6 is 47.8 Å². The van der Waals surface area contributed by atoms with Gasteiger partial charge in [-0.15, -0.1) is 0 Å². The summed E-state index contributed by atoms with van der Waals surface area (Å²) >= 11 is 9.58. The van der Waals surface area contributed by atoms with E-state index < -0.39 is 0 Å². The zero-order valence-electron chi connectivity index (χ0n) is 2.92. The molecule has 0 aliphatic carbocycles. The Bertz CT molecular complexity index is 51.5. The lowest BCUT2D eigenvalue weighted by Gasteiger charge is -1.99. The first-order valence-corrected chi connectivity index (χ1v) is 3.64. The molecule has 0 amide bonds. The van der Waals surface area contributed by atoms with E-state index >= 15 is 0 Å². The predicted octanol–water partition coefficient (Wildman–Crippen LogP) is 3.01. The Morgan fingerprint density at radius 2 is 1.50 bits per heavy atom. The average Bonchev–Trinajstić information content (AvgIpc) is 1.35. The standard InChI is InChI=1S/C3H3Br3/c1-2-3(4,5)6/h2H,1H2. The number of allylic oxidation sites excluding steroid dienone is 1. The molecule has 0 spiro atoms. The van der Waals surface area contributed by atoms with Crippen molar-refractivity contribution in [3.63, 3.8) is 0 Å². The minimum absolute atomic E-state index is 0.257. The van der Waals surface area contributed by atoms with Crippen LogP contribution in [0.5, 0.6) is 0 Å². The molecular formula is C3H3Br3. The van der Waals surface area contributed by atoms with E-state index in [9.17, 15) is 0 Å². The summed E-state index contributed by atoms with van der Waals surface area (Å²) in [5.41, 5.74) is 0. The first-order chi connectivity index (χ1) is 2.56. The van der Waals surface area contributed by atoms with Crippen LogP contribution in [0.2, 0.25) is 0 Å². The van der Waals surface area contributed by atoms with Crippen molar-refractivity contribution in [2.24, 2.45) is 0 Å². The molecule has 36 valence electrons. The van der Waals surface area contributed by atoms with Crippen molar-refractivity contribution in [1.29, 1.82) is 0 Å². The van der Waals surface area contributed by atoms with Gasteiger partial charge in [0.05, 0.1) is 0 Å². The largest absolute Gasteiger partial charge is 0.152 e. The molecule has 0 radical (unpaired) electrons. The van der Waals surface area contributed by atoms with Crippen molar-refractivity contribution in [1.82, 2.24) is 0 Å². The van der Waals surface area contributed by atoms with E-state index in [1.165, 1.54) is 0 Å². The van der Waals surface area contributed by atoms with Crippen LogP contribution in [0.15, 0.2) is 12.7 Å². The normalized spacial score (nSPS) is 11.2. The fourth-order valence-corrected chi connectivity index (χ4v) is 0. The third-order valence-electron chi connectivity index (χ3n) is 0.231. The molecule has 0 aliphatic heterocycles. The number of hydrogen-bond acceptors (Lipinski definition) is 0. The van der Waals surface area contributed by atoms with Crippen molar-refractivity contribution in [3.8, 4) is 0 Å². The van der Waals surface area contributed by atoms with Crippen LogP contribution in [0.1, 0.15) is 0 Å². The first kappa shape index (κ1) is 7.18. The number of rotatable bonds is 0. The second-order valence-corrected chi connectivity index (χ2v) is 7.69. The lowest BCUT2D eigenvalue weighted by Crippen LogP contribution is -1.87. The third kappa shape index (κ3) is 5.18. The molecule has 0 bridgehead atoms. The lowest BCUT2D eigenvalue weighted by atomic mass is 10.8. The fourth-order valence-electron chi connectivity index (χ4n) is 0. The highest BCUT2D eigenvalue weighted by Gasteiger charge is 2.08. The maximum atomic E-state index is 3.49. The molecule has 0 rings (SSSR count). The Morgan fingerprint density at radius 3 is 1.50 bits per heavy atom. The summed E-state index contributed by atoms with van der Waals surface area (Å²) in [5, 5.41) is 0. The lowest BCUT2D eigenvalue weighted by molar-refractivity contribution is 1.68. The quantitative estimate of drug-likeness (QED) is 0.472. The van der Waals surface area contributed by atoms with Crippen molar-refractivity contribution in [2.45, 2.75) is 2.14 Å². The summed E-state index contributed by atoms with van der Waals surface area (Å²) in [7, 11) is 0. The number of hydrogen-bond donors (Lipinski definition) is 0. The van der Waals surface area contributed by atoms with E-state index in [0.29, 0.717) is 0 Å².